The van der Waals surface area contributed by atoms with Gasteiger partial charge in [0.1, 0.15) is 18.0 Å². The summed E-state index contributed by atoms with van der Waals surface area (Å²) in [5.74, 6) is 1.26. The van der Waals surface area contributed by atoms with Gasteiger partial charge in [-0.05, 0) is 82.7 Å². The van der Waals surface area contributed by atoms with E-state index in [1.165, 1.54) is 29.2 Å². The van der Waals surface area contributed by atoms with E-state index in [0.29, 0.717) is 44.2 Å². The first kappa shape index (κ1) is 27.5. The van der Waals surface area contributed by atoms with Crippen LogP contribution in [0.25, 0.3) is 0 Å². The zero-order valence-electron chi connectivity index (χ0n) is 24.3. The highest BCUT2D eigenvalue weighted by atomic mass is 16.5. The lowest BCUT2D eigenvalue weighted by atomic mass is 9.73. The molecule has 0 N–H and O–H groups in total. The molecule has 2 aromatic rings. The molecule has 2 saturated heterocycles. The lowest BCUT2D eigenvalue weighted by Gasteiger charge is -2.45. The molecule has 1 aromatic heterocycles. The molecule has 4 aliphatic rings. The Balaban J connectivity index is 1.36. The van der Waals surface area contributed by atoms with E-state index < -0.39 is 5.60 Å². The molecule has 41 heavy (non-hydrogen) atoms. The van der Waals surface area contributed by atoms with Gasteiger partial charge >= 0.3 is 6.01 Å². The number of fused-ring (bicyclic) bond motifs is 3. The third-order valence-corrected chi connectivity index (χ3v) is 9.48. The van der Waals surface area contributed by atoms with E-state index in [-0.39, 0.29) is 18.4 Å². The summed E-state index contributed by atoms with van der Waals surface area (Å²) in [6, 6.07) is 9.25. The third-order valence-electron chi connectivity index (χ3n) is 9.48. The fourth-order valence-electron chi connectivity index (χ4n) is 7.35. The second-order valence-corrected chi connectivity index (χ2v) is 12.0. The molecule has 2 fully saturated rings. The van der Waals surface area contributed by atoms with E-state index in [0.717, 1.165) is 56.5 Å². The second-order valence-electron chi connectivity index (χ2n) is 12.0. The molecule has 6 rings (SSSR count). The zero-order valence-corrected chi connectivity index (χ0v) is 24.3. The van der Waals surface area contributed by atoms with E-state index in [1.54, 1.807) is 4.90 Å². The van der Waals surface area contributed by atoms with Crippen molar-refractivity contribution in [3.05, 3.63) is 53.1 Å². The molecule has 1 amide bonds. The number of hydrogen-bond donors (Lipinski definition) is 0. The molecule has 0 radical (unpaired) electrons. The number of amides is 1. The van der Waals surface area contributed by atoms with Crippen LogP contribution in [0.5, 0.6) is 11.9 Å². The van der Waals surface area contributed by atoms with Crippen LogP contribution in [0.3, 0.4) is 0 Å². The number of likely N-dealkylation sites (N-methyl/N-ethyl adjacent to an activating group) is 1. The molecule has 3 aliphatic heterocycles. The Bertz CT molecular complexity index is 1370. The first-order valence-corrected chi connectivity index (χ1v) is 15.0. The van der Waals surface area contributed by atoms with E-state index in [2.05, 4.69) is 54.6 Å². The predicted octanol–water partition coefficient (Wildman–Crippen LogP) is 3.93. The molecular weight excluding hydrogens is 516 g/mol. The van der Waals surface area contributed by atoms with Gasteiger partial charge in [-0.2, -0.15) is 15.2 Å². The van der Waals surface area contributed by atoms with Gasteiger partial charge in [-0.15, -0.1) is 0 Å². The number of anilines is 1. The molecule has 4 heterocycles. The molecule has 9 heteroatoms. The van der Waals surface area contributed by atoms with Crippen LogP contribution in [0, 0.1) is 18.3 Å². The largest absolute Gasteiger partial charge is 0.466 e. The Morgan fingerprint density at radius 2 is 2.10 bits per heavy atom. The first-order chi connectivity index (χ1) is 19.9. The summed E-state index contributed by atoms with van der Waals surface area (Å²) < 4.78 is 13.3. The van der Waals surface area contributed by atoms with Crippen molar-refractivity contribution < 1.29 is 14.3 Å². The zero-order chi connectivity index (χ0) is 28.6. The number of benzene rings is 1. The molecular formula is C32H40N6O3. The van der Waals surface area contributed by atoms with Crippen molar-refractivity contribution in [2.24, 2.45) is 0 Å². The highest BCUT2D eigenvalue weighted by Crippen LogP contribution is 2.49. The van der Waals surface area contributed by atoms with Crippen molar-refractivity contribution in [1.82, 2.24) is 19.8 Å². The number of hydrogen-bond acceptors (Lipinski definition) is 8. The SMILES string of the molecule is C=CC(=O)N1CCN(c2nc(OC[C@@H]3CCCN3C)nc3c2CC[C@]2(CCCc4cccc(C)c42)O3)C[C@@H]1CC#N. The number of piperazine rings is 1. The number of ether oxygens (including phenoxy) is 2. The highest BCUT2D eigenvalue weighted by molar-refractivity contribution is 5.87. The Hall–Kier alpha value is -3.64. The van der Waals surface area contributed by atoms with Gasteiger partial charge in [0.2, 0.25) is 11.8 Å². The van der Waals surface area contributed by atoms with Crippen LogP contribution in [0.4, 0.5) is 5.82 Å². The molecule has 0 saturated carbocycles. The van der Waals surface area contributed by atoms with Crippen LogP contribution in [-0.2, 0) is 23.2 Å². The molecule has 3 atom stereocenters. The number of carbonyl (C=O) groups excluding carboxylic acids is 1. The van der Waals surface area contributed by atoms with Gasteiger partial charge in [-0.1, -0.05) is 24.8 Å². The minimum atomic E-state index is -0.404. The van der Waals surface area contributed by atoms with Gasteiger partial charge in [0.25, 0.3) is 0 Å². The predicted molar refractivity (Wildman–Crippen MR) is 156 cm³/mol. The van der Waals surface area contributed by atoms with E-state index in [9.17, 15) is 10.1 Å². The number of nitriles is 1. The topological polar surface area (TPSA) is 94.8 Å². The lowest BCUT2D eigenvalue weighted by Crippen LogP contribution is -2.55. The number of likely N-dealkylation sites (tertiary alicyclic amines) is 1. The van der Waals surface area contributed by atoms with Crippen LogP contribution in [0.1, 0.15) is 60.8 Å². The third kappa shape index (κ3) is 5.14. The Kier molecular flexibility index (Phi) is 7.60. The van der Waals surface area contributed by atoms with E-state index >= 15 is 0 Å². The van der Waals surface area contributed by atoms with Gasteiger partial charge in [-0.25, -0.2) is 0 Å². The van der Waals surface area contributed by atoms with Crippen molar-refractivity contribution in [2.45, 2.75) is 76.0 Å². The minimum Gasteiger partial charge on any atom is -0.466 e. The maximum absolute atomic E-state index is 12.5. The molecule has 1 spiro atoms. The number of aromatic nitrogens is 2. The second kappa shape index (κ2) is 11.3. The van der Waals surface area contributed by atoms with Crippen molar-refractivity contribution in [3.63, 3.8) is 0 Å². The van der Waals surface area contributed by atoms with Crippen LogP contribution < -0.4 is 14.4 Å². The average Bonchev–Trinajstić information content (AvgIpc) is 3.39. The lowest BCUT2D eigenvalue weighted by molar-refractivity contribution is -0.128. The van der Waals surface area contributed by atoms with Gasteiger partial charge in [-0.3, -0.25) is 4.79 Å². The fourth-order valence-corrected chi connectivity index (χ4v) is 7.35. The average molecular weight is 557 g/mol. The fraction of sp³-hybridized carbons (Fsp3) is 0.562. The molecule has 0 unspecified atom stereocenters. The van der Waals surface area contributed by atoms with Crippen molar-refractivity contribution in [1.29, 1.82) is 5.26 Å². The summed E-state index contributed by atoms with van der Waals surface area (Å²) in [6.07, 6.45) is 8.60. The molecule has 1 aromatic carbocycles. The van der Waals surface area contributed by atoms with Gasteiger partial charge in [0.15, 0.2) is 0 Å². The van der Waals surface area contributed by atoms with Crippen molar-refractivity contribution in [3.8, 4) is 18.0 Å². The molecule has 0 bridgehead atoms. The molecule has 216 valence electrons. The van der Waals surface area contributed by atoms with Crippen LogP contribution in [-0.4, -0.2) is 77.6 Å². The normalized spacial score (nSPS) is 25.7. The van der Waals surface area contributed by atoms with Crippen LogP contribution >= 0.6 is 0 Å². The number of nitrogens with zero attached hydrogens (tertiary/aromatic N) is 6. The summed E-state index contributed by atoms with van der Waals surface area (Å²) in [6.45, 7) is 9.04. The Morgan fingerprint density at radius 1 is 1.22 bits per heavy atom. The van der Waals surface area contributed by atoms with E-state index in [1.807, 2.05) is 0 Å². The first-order valence-electron chi connectivity index (χ1n) is 15.0. The maximum Gasteiger partial charge on any atom is 0.321 e. The Labute approximate surface area is 242 Å². The monoisotopic (exact) mass is 556 g/mol. The summed E-state index contributed by atoms with van der Waals surface area (Å²) >= 11 is 0. The van der Waals surface area contributed by atoms with E-state index in [4.69, 9.17) is 19.4 Å². The van der Waals surface area contributed by atoms with Crippen molar-refractivity contribution >= 4 is 11.7 Å². The van der Waals surface area contributed by atoms with Crippen LogP contribution in [0.15, 0.2) is 30.9 Å². The summed E-state index contributed by atoms with van der Waals surface area (Å²) in [7, 11) is 2.13. The van der Waals surface area contributed by atoms with Crippen LogP contribution in [0.2, 0.25) is 0 Å². The quantitative estimate of drug-likeness (QED) is 0.494. The summed E-state index contributed by atoms with van der Waals surface area (Å²) in [5, 5.41) is 9.52. The van der Waals surface area contributed by atoms with Gasteiger partial charge in [0, 0.05) is 31.2 Å². The standard InChI is InChI=1S/C32H40N6O3/c1-4-27(39)38-19-18-37(20-24(38)13-16-33)29-26-12-15-32(14-6-10-23-9-5-8-22(2)28(23)32)41-30(26)35-31(34-29)40-21-25-11-7-17-36(25)3/h4-5,8-9,24-25H,1,6-7,10-15,17-21H2,2-3H3/t24-,25-,32-/m0/s1. The summed E-state index contributed by atoms with van der Waals surface area (Å²) in [4.78, 5) is 28.6. The smallest absolute Gasteiger partial charge is 0.321 e. The minimum absolute atomic E-state index is 0.143. The number of aryl methyl sites for hydroxylation is 2. The maximum atomic E-state index is 12.5. The number of rotatable bonds is 6. The van der Waals surface area contributed by atoms with Gasteiger partial charge < -0.3 is 24.2 Å². The molecule has 9 nitrogen and oxygen atoms in total. The number of carbonyl (C=O) groups is 1. The van der Waals surface area contributed by atoms with Crippen molar-refractivity contribution in [2.75, 3.05) is 44.7 Å². The van der Waals surface area contributed by atoms with Gasteiger partial charge in [0.05, 0.1) is 24.1 Å². The summed E-state index contributed by atoms with van der Waals surface area (Å²) in [5.41, 5.74) is 4.54. The highest BCUT2D eigenvalue weighted by Gasteiger charge is 2.45. The molecule has 1 aliphatic carbocycles. The Morgan fingerprint density at radius 3 is 2.88 bits per heavy atom.